The Balaban J connectivity index is 1.70. The quantitative estimate of drug-likeness (QED) is 0.273. The lowest BCUT2D eigenvalue weighted by Crippen LogP contribution is -2.63. The molecule has 1 fully saturated rings. The van der Waals surface area contributed by atoms with Crippen molar-refractivity contribution in [1.29, 1.82) is 0 Å². The second-order valence-corrected chi connectivity index (χ2v) is 9.77. The van der Waals surface area contributed by atoms with Gasteiger partial charge in [-0.1, -0.05) is 23.7 Å². The number of ether oxygens (including phenoxy) is 6. The van der Waals surface area contributed by atoms with Crippen LogP contribution in [0.15, 0.2) is 57.9 Å². The highest BCUT2D eigenvalue weighted by molar-refractivity contribution is 6.30. The number of carbonyl (C=O) groups is 4. The third-order valence-corrected chi connectivity index (χ3v) is 6.35. The standard InChI is InChI=1S/C29H27ClO12/c1-14(31)36-13-24-26(38-15(2)32)27(39-16(3)33)28(40-17(4)34)29(42-24)41-20-9-10-21-23(11-20)37-12-22(25(21)35)18-5-7-19(30)8-6-18/h5-12,24,26-29H,13H2,1-4H3/t24-,26+,27-,28-,29+/m0/s1. The maximum absolute atomic E-state index is 13.2. The van der Waals surface area contributed by atoms with Gasteiger partial charge in [0.25, 0.3) is 0 Å². The lowest BCUT2D eigenvalue weighted by molar-refractivity contribution is -0.288. The average molecular weight is 603 g/mol. The van der Waals surface area contributed by atoms with E-state index in [9.17, 15) is 24.0 Å². The molecule has 0 N–H and O–H groups in total. The molecule has 0 bridgehead atoms. The fraction of sp³-hybridized carbons (Fsp3) is 0.345. The van der Waals surface area contributed by atoms with Crippen LogP contribution in [0.25, 0.3) is 22.1 Å². The predicted octanol–water partition coefficient (Wildman–Crippen LogP) is 3.58. The van der Waals surface area contributed by atoms with Crippen molar-refractivity contribution in [2.24, 2.45) is 0 Å². The van der Waals surface area contributed by atoms with E-state index < -0.39 is 61.2 Å². The average Bonchev–Trinajstić information content (AvgIpc) is 2.91. The molecule has 1 aliphatic rings. The van der Waals surface area contributed by atoms with Gasteiger partial charge in [-0.2, -0.15) is 0 Å². The number of hydrogen-bond acceptors (Lipinski definition) is 12. The van der Waals surface area contributed by atoms with E-state index >= 15 is 0 Å². The molecule has 0 spiro atoms. The third kappa shape index (κ3) is 7.25. The molecule has 0 saturated carbocycles. The summed E-state index contributed by atoms with van der Waals surface area (Å²) in [5.74, 6) is -2.81. The van der Waals surface area contributed by atoms with Crippen LogP contribution < -0.4 is 10.2 Å². The van der Waals surface area contributed by atoms with E-state index in [-0.39, 0.29) is 22.1 Å². The van der Waals surface area contributed by atoms with E-state index in [1.807, 2.05) is 0 Å². The molecule has 2 heterocycles. The number of fused-ring (bicyclic) bond motifs is 1. The Morgan fingerprint density at radius 2 is 1.43 bits per heavy atom. The molecular weight excluding hydrogens is 576 g/mol. The zero-order valence-corrected chi connectivity index (χ0v) is 23.7. The second-order valence-electron chi connectivity index (χ2n) is 9.33. The first-order chi connectivity index (χ1) is 19.9. The van der Waals surface area contributed by atoms with E-state index in [1.54, 1.807) is 24.3 Å². The Hall–Kier alpha value is -4.42. The Kier molecular flexibility index (Phi) is 9.48. The molecule has 0 radical (unpaired) electrons. The monoisotopic (exact) mass is 602 g/mol. The molecule has 5 atom stereocenters. The van der Waals surface area contributed by atoms with Crippen molar-refractivity contribution in [3.8, 4) is 16.9 Å². The zero-order chi connectivity index (χ0) is 30.6. The van der Waals surface area contributed by atoms with E-state index in [2.05, 4.69) is 0 Å². The maximum Gasteiger partial charge on any atom is 0.303 e. The summed E-state index contributed by atoms with van der Waals surface area (Å²) in [6.07, 6.45) is -5.45. The number of hydrogen-bond donors (Lipinski definition) is 0. The fourth-order valence-electron chi connectivity index (χ4n) is 4.43. The molecule has 222 valence electrons. The van der Waals surface area contributed by atoms with Crippen LogP contribution in [-0.4, -0.2) is 61.2 Å². The number of benzene rings is 2. The Labute approximate surface area is 244 Å². The van der Waals surface area contributed by atoms with Crippen LogP contribution in [-0.2, 0) is 42.9 Å². The molecular formula is C29H27ClO12. The highest BCUT2D eigenvalue weighted by atomic mass is 35.5. The lowest BCUT2D eigenvalue weighted by Gasteiger charge is -2.43. The van der Waals surface area contributed by atoms with E-state index in [4.69, 9.17) is 44.4 Å². The van der Waals surface area contributed by atoms with Gasteiger partial charge < -0.3 is 32.8 Å². The molecule has 0 unspecified atom stereocenters. The number of carbonyl (C=O) groups excluding carboxylic acids is 4. The van der Waals surface area contributed by atoms with Crippen molar-refractivity contribution < 1.29 is 52.0 Å². The molecule has 1 aromatic heterocycles. The van der Waals surface area contributed by atoms with Crippen molar-refractivity contribution in [1.82, 2.24) is 0 Å². The third-order valence-electron chi connectivity index (χ3n) is 6.10. The van der Waals surface area contributed by atoms with Gasteiger partial charge in [-0.05, 0) is 29.8 Å². The second kappa shape index (κ2) is 13.0. The molecule has 0 amide bonds. The van der Waals surface area contributed by atoms with Crippen molar-refractivity contribution in [3.05, 3.63) is 64.0 Å². The largest absolute Gasteiger partial charge is 0.463 e. The van der Waals surface area contributed by atoms with Crippen LogP contribution in [0.2, 0.25) is 5.02 Å². The van der Waals surface area contributed by atoms with Crippen LogP contribution in [0.4, 0.5) is 0 Å². The summed E-state index contributed by atoms with van der Waals surface area (Å²) in [6.45, 7) is 4.13. The van der Waals surface area contributed by atoms with E-state index in [0.29, 0.717) is 16.1 Å². The summed E-state index contributed by atoms with van der Waals surface area (Å²) in [5, 5.41) is 0.782. The van der Waals surface area contributed by atoms with E-state index in [0.717, 1.165) is 20.8 Å². The summed E-state index contributed by atoms with van der Waals surface area (Å²) in [4.78, 5) is 60.7. The molecule has 1 saturated heterocycles. The first-order valence-electron chi connectivity index (χ1n) is 12.7. The number of rotatable bonds is 8. The van der Waals surface area contributed by atoms with E-state index in [1.165, 1.54) is 31.4 Å². The van der Waals surface area contributed by atoms with Crippen LogP contribution >= 0.6 is 11.6 Å². The summed E-state index contributed by atoms with van der Waals surface area (Å²) in [7, 11) is 0. The number of esters is 4. The minimum atomic E-state index is -1.44. The van der Waals surface area contributed by atoms with Crippen molar-refractivity contribution in [3.63, 3.8) is 0 Å². The van der Waals surface area contributed by atoms with Crippen molar-refractivity contribution >= 4 is 46.4 Å². The minimum absolute atomic E-state index is 0.130. The molecule has 4 rings (SSSR count). The van der Waals surface area contributed by atoms with Gasteiger partial charge in [-0.15, -0.1) is 0 Å². The van der Waals surface area contributed by atoms with Crippen LogP contribution in [0.1, 0.15) is 27.7 Å². The molecule has 2 aromatic carbocycles. The molecule has 1 aliphatic heterocycles. The van der Waals surface area contributed by atoms with Gasteiger partial charge in [0.2, 0.25) is 12.4 Å². The van der Waals surface area contributed by atoms with Gasteiger partial charge in [0, 0.05) is 38.8 Å². The van der Waals surface area contributed by atoms with Gasteiger partial charge >= 0.3 is 23.9 Å². The summed E-state index contributed by atoms with van der Waals surface area (Å²) in [5.41, 5.74) is 0.832. The molecule has 3 aromatic rings. The normalized spacial score (nSPS) is 21.7. The first kappa shape index (κ1) is 30.5. The fourth-order valence-corrected chi connectivity index (χ4v) is 4.55. The van der Waals surface area contributed by atoms with Gasteiger partial charge in [0.1, 0.15) is 30.3 Å². The minimum Gasteiger partial charge on any atom is -0.463 e. The smallest absolute Gasteiger partial charge is 0.303 e. The van der Waals surface area contributed by atoms with Crippen molar-refractivity contribution in [2.45, 2.75) is 58.4 Å². The van der Waals surface area contributed by atoms with Gasteiger partial charge in [0.15, 0.2) is 17.6 Å². The van der Waals surface area contributed by atoms with Gasteiger partial charge in [0.05, 0.1) is 10.9 Å². The Morgan fingerprint density at radius 1 is 0.810 bits per heavy atom. The van der Waals surface area contributed by atoms with Gasteiger partial charge in [-0.3, -0.25) is 24.0 Å². The highest BCUT2D eigenvalue weighted by Crippen LogP contribution is 2.32. The van der Waals surface area contributed by atoms with Crippen molar-refractivity contribution in [2.75, 3.05) is 6.61 Å². The zero-order valence-electron chi connectivity index (χ0n) is 23.0. The highest BCUT2D eigenvalue weighted by Gasteiger charge is 2.53. The van der Waals surface area contributed by atoms with Gasteiger partial charge in [-0.25, -0.2) is 0 Å². The van der Waals surface area contributed by atoms with Crippen LogP contribution in [0, 0.1) is 0 Å². The summed E-state index contributed by atoms with van der Waals surface area (Å²) >= 11 is 5.95. The Bertz CT molecular complexity index is 1550. The summed E-state index contributed by atoms with van der Waals surface area (Å²) < 4.78 is 38.9. The molecule has 12 nitrogen and oxygen atoms in total. The van der Waals surface area contributed by atoms with Crippen LogP contribution in [0.5, 0.6) is 5.75 Å². The predicted molar refractivity (Wildman–Crippen MR) is 146 cm³/mol. The summed E-state index contributed by atoms with van der Waals surface area (Å²) in [6, 6.07) is 11.1. The topological polar surface area (TPSA) is 154 Å². The molecule has 13 heteroatoms. The Morgan fingerprint density at radius 3 is 2.05 bits per heavy atom. The molecule has 42 heavy (non-hydrogen) atoms. The lowest BCUT2D eigenvalue weighted by atomic mass is 9.98. The van der Waals surface area contributed by atoms with Crippen LogP contribution in [0.3, 0.4) is 0 Å². The first-order valence-corrected chi connectivity index (χ1v) is 13.1. The molecule has 0 aliphatic carbocycles. The number of halogens is 1. The SMILES string of the molecule is CC(=O)OC[C@@H]1O[C@@H](Oc2ccc3c(=O)c(-c4ccc(Cl)cc4)coc3c2)[C@@H](OC(C)=O)[C@@H](OC(C)=O)[C@@H]1OC(C)=O. The maximum atomic E-state index is 13.2.